The van der Waals surface area contributed by atoms with Crippen LogP contribution in [0.3, 0.4) is 0 Å². The molecule has 0 N–H and O–H groups in total. The number of hydrogen-bond acceptors (Lipinski definition) is 8. The van der Waals surface area contributed by atoms with Crippen LogP contribution in [0.5, 0.6) is 0 Å². The summed E-state index contributed by atoms with van der Waals surface area (Å²) in [6, 6.07) is 7.74. The molecule has 1 atom stereocenters. The second-order valence-electron chi connectivity index (χ2n) is 5.21. The van der Waals surface area contributed by atoms with E-state index < -0.39 is 10.8 Å². The zero-order valence-corrected chi connectivity index (χ0v) is 15.8. The van der Waals surface area contributed by atoms with Gasteiger partial charge in [0.15, 0.2) is 4.90 Å². The second kappa shape index (κ2) is 6.62. The Morgan fingerprint density at radius 3 is 2.80 bits per heavy atom. The van der Waals surface area contributed by atoms with Gasteiger partial charge in [-0.25, -0.2) is 14.6 Å². The maximum Gasteiger partial charge on any atom is 0.215 e. The maximum atomic E-state index is 12.2. The molecule has 0 aliphatic heterocycles. The van der Waals surface area contributed by atoms with Crippen LogP contribution in [0.2, 0.25) is 0 Å². The lowest BCUT2D eigenvalue weighted by molar-refractivity contribution is 0.598. The van der Waals surface area contributed by atoms with Crippen molar-refractivity contribution in [2.75, 3.05) is 6.26 Å². The van der Waals surface area contributed by atoms with Crippen LogP contribution in [-0.2, 0) is 22.1 Å². The van der Waals surface area contributed by atoms with Gasteiger partial charge in [-0.3, -0.25) is 0 Å². The monoisotopic (exact) mass is 389 g/mol. The van der Waals surface area contributed by atoms with Crippen LogP contribution >= 0.6 is 23.1 Å². The largest absolute Gasteiger partial charge is 0.229 e. The Morgan fingerprint density at radius 2 is 2.04 bits per heavy atom. The first kappa shape index (κ1) is 16.3. The number of nitrogens with zero attached hydrogens (tertiary/aromatic N) is 6. The van der Waals surface area contributed by atoms with E-state index in [2.05, 4.69) is 25.5 Å². The molecule has 4 aromatic rings. The van der Waals surface area contributed by atoms with E-state index in [9.17, 15) is 4.21 Å². The molecule has 0 saturated carbocycles. The number of thiophene rings is 1. The lowest BCUT2D eigenvalue weighted by Gasteiger charge is -2.05. The summed E-state index contributed by atoms with van der Waals surface area (Å²) in [4.78, 5) is 10.5. The maximum absolute atomic E-state index is 12.2. The molecule has 0 saturated heterocycles. The number of thiol groups is 1. The van der Waals surface area contributed by atoms with Crippen molar-refractivity contribution in [2.45, 2.75) is 15.1 Å². The summed E-state index contributed by atoms with van der Waals surface area (Å²) in [6.45, 7) is 0. The first-order valence-corrected chi connectivity index (χ1v) is 10.7. The molecule has 10 heteroatoms. The topological polar surface area (TPSA) is 86.4 Å². The zero-order valence-electron chi connectivity index (χ0n) is 13.3. The van der Waals surface area contributed by atoms with Crippen LogP contribution in [0.15, 0.2) is 51.1 Å². The molecule has 1 aromatic carbocycles. The Labute approximate surface area is 154 Å². The number of tetrazole rings is 1. The van der Waals surface area contributed by atoms with E-state index in [4.69, 9.17) is 0 Å². The molecule has 0 aliphatic rings. The molecule has 0 bridgehead atoms. The van der Waals surface area contributed by atoms with Crippen LogP contribution in [0.4, 0.5) is 0 Å². The number of aryl methyl sites for hydroxylation is 1. The smallest absolute Gasteiger partial charge is 0.215 e. The molecule has 25 heavy (non-hydrogen) atoms. The fourth-order valence-corrected chi connectivity index (χ4v) is 5.12. The molecule has 3 aromatic heterocycles. The Kier molecular flexibility index (Phi) is 4.32. The van der Waals surface area contributed by atoms with Gasteiger partial charge in [-0.2, -0.15) is 0 Å². The number of aromatic nitrogens is 6. The second-order valence-corrected chi connectivity index (χ2v) is 8.50. The molecule has 0 aliphatic carbocycles. The van der Waals surface area contributed by atoms with Crippen molar-refractivity contribution in [3.63, 3.8) is 0 Å². The van der Waals surface area contributed by atoms with Gasteiger partial charge >= 0.3 is 0 Å². The third-order valence-corrected chi connectivity index (χ3v) is 6.62. The summed E-state index contributed by atoms with van der Waals surface area (Å²) in [7, 11) is 0.323. The molecule has 0 spiro atoms. The van der Waals surface area contributed by atoms with Crippen LogP contribution in [0.1, 0.15) is 0 Å². The number of rotatable bonds is 4. The quantitative estimate of drug-likeness (QED) is 0.301. The molecule has 0 amide bonds. The van der Waals surface area contributed by atoms with Gasteiger partial charge in [-0.15, -0.1) is 20.6 Å². The van der Waals surface area contributed by atoms with Gasteiger partial charge in [0, 0.05) is 23.6 Å². The molecule has 0 radical (unpaired) electrons. The normalized spacial score (nSPS) is 12.6. The minimum absolute atomic E-state index is 0.645. The number of benzene rings is 1. The van der Waals surface area contributed by atoms with Crippen LogP contribution in [0, 0.1) is 0 Å². The van der Waals surface area contributed by atoms with Crippen LogP contribution in [-0.4, -0.2) is 36.4 Å². The fourth-order valence-electron chi connectivity index (χ4n) is 2.49. The highest BCUT2D eigenvalue weighted by molar-refractivity contribution is 7.99. The lowest BCUT2D eigenvalue weighted by atomic mass is 10.1. The fraction of sp³-hybridized carbons (Fsp3) is 0.133. The van der Waals surface area contributed by atoms with E-state index in [1.807, 2.05) is 29.6 Å². The van der Waals surface area contributed by atoms with Crippen molar-refractivity contribution in [3.05, 3.63) is 36.0 Å². The summed E-state index contributed by atoms with van der Waals surface area (Å²) < 4.78 is 13.8. The summed E-state index contributed by atoms with van der Waals surface area (Å²) in [5.41, 5.74) is 1.93. The van der Waals surface area contributed by atoms with Gasteiger partial charge < -0.3 is 0 Å². The highest BCUT2D eigenvalue weighted by Gasteiger charge is 2.20. The molecule has 0 fully saturated rings. The summed E-state index contributed by atoms with van der Waals surface area (Å²) in [6.07, 6.45) is 3.26. The van der Waals surface area contributed by atoms with E-state index >= 15 is 0 Å². The predicted octanol–water partition coefficient (Wildman–Crippen LogP) is 2.72. The number of fused-ring (bicyclic) bond motifs is 1. The van der Waals surface area contributed by atoms with Gasteiger partial charge in [-0.05, 0) is 34.3 Å². The lowest BCUT2D eigenvalue weighted by Crippen LogP contribution is -1.95. The minimum atomic E-state index is -1.46. The zero-order chi connectivity index (χ0) is 17.4. The molecule has 1 unspecified atom stereocenters. The first-order chi connectivity index (χ1) is 12.1. The van der Waals surface area contributed by atoms with E-state index in [1.54, 1.807) is 35.6 Å². The molecular formula is C15H13N6OS3+. The Balaban J connectivity index is 1.92. The average molecular weight is 390 g/mol. The standard InChI is InChI=1S/C15H12N6OS3/c1-21-15(18-19-20-21)24-14-12-10(7-23-13(12)16-8-17-14)9-5-3-4-6-11(9)25(2)22/h3-8H,1-2H3/p+1. The predicted molar refractivity (Wildman–Crippen MR) is 99.4 cm³/mol. The van der Waals surface area contributed by atoms with Crippen molar-refractivity contribution < 1.29 is 4.21 Å². The molecule has 3 heterocycles. The Bertz CT molecular complexity index is 1090. The van der Waals surface area contributed by atoms with Crippen molar-refractivity contribution in [1.82, 2.24) is 30.2 Å². The van der Waals surface area contributed by atoms with Crippen LogP contribution < -0.4 is 0 Å². The average Bonchev–Trinajstić information content (AvgIpc) is 3.22. The Hall–Kier alpha value is -2.17. The summed E-state index contributed by atoms with van der Waals surface area (Å²) >= 11 is 2.93. The third kappa shape index (κ3) is 2.96. The van der Waals surface area contributed by atoms with Crippen molar-refractivity contribution >= 4 is 44.1 Å². The highest BCUT2D eigenvalue weighted by atomic mass is 32.2. The third-order valence-electron chi connectivity index (χ3n) is 3.64. The highest BCUT2D eigenvalue weighted by Crippen LogP contribution is 2.40. The van der Waals surface area contributed by atoms with E-state index in [-0.39, 0.29) is 0 Å². The first-order valence-electron chi connectivity index (χ1n) is 7.28. The SMILES string of the molecule is Cn1nnnc1Sc1ncnc2scc(-c3ccccc3[SH+](C)=O)c12. The minimum Gasteiger partial charge on any atom is -0.229 e. The van der Waals surface area contributed by atoms with E-state index in [1.165, 1.54) is 11.8 Å². The molecule has 126 valence electrons. The van der Waals surface area contributed by atoms with E-state index in [0.29, 0.717) is 5.16 Å². The number of hydrogen-bond donors (Lipinski definition) is 0. The summed E-state index contributed by atoms with van der Waals surface area (Å²) in [5, 5.41) is 15.9. The van der Waals surface area contributed by atoms with Crippen LogP contribution in [0.25, 0.3) is 21.3 Å². The molecule has 4 rings (SSSR count). The van der Waals surface area contributed by atoms with Crippen molar-refractivity contribution in [2.24, 2.45) is 7.05 Å². The van der Waals surface area contributed by atoms with Gasteiger partial charge in [0.2, 0.25) is 5.16 Å². The molecule has 7 nitrogen and oxygen atoms in total. The van der Waals surface area contributed by atoms with Gasteiger partial charge in [0.1, 0.15) is 33.2 Å². The molecular weight excluding hydrogens is 376 g/mol. The van der Waals surface area contributed by atoms with Gasteiger partial charge in [0.05, 0.1) is 5.39 Å². The van der Waals surface area contributed by atoms with Crippen molar-refractivity contribution in [3.8, 4) is 11.1 Å². The Morgan fingerprint density at radius 1 is 1.20 bits per heavy atom. The van der Waals surface area contributed by atoms with Gasteiger partial charge in [0.25, 0.3) is 0 Å². The van der Waals surface area contributed by atoms with Gasteiger partial charge in [-0.1, -0.05) is 12.1 Å². The van der Waals surface area contributed by atoms with Crippen molar-refractivity contribution in [1.29, 1.82) is 0 Å². The summed E-state index contributed by atoms with van der Waals surface area (Å²) in [5.74, 6) is 0. The van der Waals surface area contributed by atoms with E-state index in [0.717, 1.165) is 31.3 Å².